The lowest BCUT2D eigenvalue weighted by Crippen LogP contribution is -2.49. The van der Waals surface area contributed by atoms with Crippen molar-refractivity contribution >= 4 is 19.4 Å². The molecule has 1 amide bonds. The smallest absolute Gasteiger partial charge is 0.407 e. The normalized spacial score (nSPS) is 17.8. The number of amides is 1. The molecular weight excluding hydrogens is 292 g/mol. The van der Waals surface area contributed by atoms with Crippen LogP contribution in [0.2, 0.25) is 19.6 Å². The number of carboxylic acid groups (broad SMARTS) is 1. The quantitative estimate of drug-likeness (QED) is 0.687. The number of hydrogen-bond acceptors (Lipinski definition) is 2. The number of carbonyl (C=O) groups is 1. The number of benzene rings is 1. The Bertz CT molecular complexity index is 581. The highest BCUT2D eigenvalue weighted by Gasteiger charge is 2.26. The highest BCUT2D eigenvalue weighted by atomic mass is 28.3. The minimum atomic E-state index is -1.37. The SMILES string of the molecule is C#CC(c1cccc([Si](C)(C)C)c1)N1CCN(C(=O)O)CC1. The van der Waals surface area contributed by atoms with Crippen molar-refractivity contribution in [2.24, 2.45) is 0 Å². The zero-order valence-electron chi connectivity index (χ0n) is 13.5. The van der Waals surface area contributed by atoms with Crippen LogP contribution >= 0.6 is 0 Å². The van der Waals surface area contributed by atoms with Gasteiger partial charge in [-0.1, -0.05) is 55.0 Å². The van der Waals surface area contributed by atoms with Gasteiger partial charge in [0.1, 0.15) is 0 Å². The molecule has 0 radical (unpaired) electrons. The average molecular weight is 316 g/mol. The van der Waals surface area contributed by atoms with Crippen LogP contribution in [0, 0.1) is 12.3 Å². The van der Waals surface area contributed by atoms with Crippen LogP contribution in [0.25, 0.3) is 0 Å². The molecular formula is C17H24N2O2Si. The van der Waals surface area contributed by atoms with Gasteiger partial charge in [-0.25, -0.2) is 4.79 Å². The molecule has 1 aromatic rings. The van der Waals surface area contributed by atoms with E-state index in [1.165, 1.54) is 10.1 Å². The van der Waals surface area contributed by atoms with Crippen LogP contribution < -0.4 is 5.19 Å². The zero-order valence-corrected chi connectivity index (χ0v) is 14.5. The summed E-state index contributed by atoms with van der Waals surface area (Å²) in [6, 6.07) is 8.51. The molecule has 0 spiro atoms. The molecule has 1 atom stereocenters. The summed E-state index contributed by atoms with van der Waals surface area (Å²) in [7, 11) is -1.37. The van der Waals surface area contributed by atoms with Crippen LogP contribution in [0.15, 0.2) is 24.3 Å². The standard InChI is InChI=1S/C17H24N2O2Si/c1-5-16(18-9-11-19(12-10-18)17(20)21)14-7-6-8-15(13-14)22(2,3)4/h1,6-8,13,16H,9-12H2,2-4H3,(H,20,21). The van der Waals surface area contributed by atoms with Crippen LogP contribution in [0.5, 0.6) is 0 Å². The molecule has 1 aliphatic rings. The highest BCUT2D eigenvalue weighted by molar-refractivity contribution is 6.88. The maximum Gasteiger partial charge on any atom is 0.407 e. The lowest BCUT2D eigenvalue weighted by molar-refractivity contribution is 0.0963. The molecule has 0 saturated carbocycles. The van der Waals surface area contributed by atoms with Gasteiger partial charge in [0.05, 0.1) is 14.1 Å². The molecule has 1 aromatic carbocycles. The Labute approximate surface area is 133 Å². The van der Waals surface area contributed by atoms with Gasteiger partial charge in [-0.3, -0.25) is 4.90 Å². The first-order chi connectivity index (χ1) is 10.3. The molecule has 1 fully saturated rings. The number of rotatable bonds is 3. The number of terminal acetylenes is 1. The third kappa shape index (κ3) is 3.70. The Morgan fingerprint density at radius 1 is 1.27 bits per heavy atom. The third-order valence-corrected chi connectivity index (χ3v) is 6.22. The molecule has 0 aliphatic carbocycles. The Balaban J connectivity index is 2.16. The molecule has 22 heavy (non-hydrogen) atoms. The highest BCUT2D eigenvalue weighted by Crippen LogP contribution is 2.21. The topological polar surface area (TPSA) is 43.8 Å². The van der Waals surface area contributed by atoms with Gasteiger partial charge < -0.3 is 10.0 Å². The van der Waals surface area contributed by atoms with Gasteiger partial charge in [-0.2, -0.15) is 0 Å². The van der Waals surface area contributed by atoms with Gasteiger partial charge >= 0.3 is 6.09 Å². The minimum absolute atomic E-state index is 0.0766. The molecule has 0 bridgehead atoms. The van der Waals surface area contributed by atoms with Crippen molar-refractivity contribution in [2.75, 3.05) is 26.2 Å². The maximum atomic E-state index is 11.0. The average Bonchev–Trinajstić information content (AvgIpc) is 2.48. The first kappa shape index (κ1) is 16.6. The van der Waals surface area contributed by atoms with Crippen LogP contribution in [0.4, 0.5) is 4.79 Å². The molecule has 118 valence electrons. The van der Waals surface area contributed by atoms with Gasteiger partial charge in [0, 0.05) is 26.2 Å². The molecule has 1 unspecified atom stereocenters. The predicted molar refractivity (Wildman–Crippen MR) is 92.2 cm³/mol. The van der Waals surface area contributed by atoms with E-state index in [1.807, 2.05) is 0 Å². The summed E-state index contributed by atoms with van der Waals surface area (Å²) in [6.45, 7) is 9.35. The number of nitrogens with zero attached hydrogens (tertiary/aromatic N) is 2. The van der Waals surface area contributed by atoms with Crippen LogP contribution in [-0.4, -0.2) is 55.3 Å². The first-order valence-corrected chi connectivity index (χ1v) is 11.1. The van der Waals surface area contributed by atoms with E-state index in [9.17, 15) is 4.79 Å². The van der Waals surface area contributed by atoms with Crippen molar-refractivity contribution in [3.63, 3.8) is 0 Å². The van der Waals surface area contributed by atoms with E-state index in [0.717, 1.165) is 5.56 Å². The van der Waals surface area contributed by atoms with Crippen molar-refractivity contribution in [3.05, 3.63) is 29.8 Å². The van der Waals surface area contributed by atoms with Crippen LogP contribution in [0.1, 0.15) is 11.6 Å². The van der Waals surface area contributed by atoms with Crippen molar-refractivity contribution in [2.45, 2.75) is 25.7 Å². The molecule has 1 N–H and O–H groups in total. The van der Waals surface area contributed by atoms with Crippen molar-refractivity contribution in [1.29, 1.82) is 0 Å². The Kier molecular flexibility index (Phi) is 4.94. The molecule has 1 heterocycles. The molecule has 4 nitrogen and oxygen atoms in total. The number of hydrogen-bond donors (Lipinski definition) is 1. The van der Waals surface area contributed by atoms with E-state index in [2.05, 4.69) is 54.7 Å². The second-order valence-corrected chi connectivity index (χ2v) is 11.8. The predicted octanol–water partition coefficient (Wildman–Crippen LogP) is 2.20. The van der Waals surface area contributed by atoms with E-state index in [0.29, 0.717) is 26.2 Å². The summed E-state index contributed by atoms with van der Waals surface area (Å²) in [5.41, 5.74) is 1.14. The largest absolute Gasteiger partial charge is 0.465 e. The second-order valence-electron chi connectivity index (χ2n) is 6.75. The van der Waals surface area contributed by atoms with Gasteiger partial charge in [0.25, 0.3) is 0 Å². The fourth-order valence-corrected chi connectivity index (χ4v) is 3.96. The van der Waals surface area contributed by atoms with E-state index in [4.69, 9.17) is 11.5 Å². The summed E-state index contributed by atoms with van der Waals surface area (Å²) in [5.74, 6) is 2.89. The summed E-state index contributed by atoms with van der Waals surface area (Å²) in [5, 5.41) is 10.4. The van der Waals surface area contributed by atoms with Crippen molar-refractivity contribution < 1.29 is 9.90 Å². The molecule has 2 rings (SSSR count). The van der Waals surface area contributed by atoms with Crippen molar-refractivity contribution in [1.82, 2.24) is 9.80 Å². The van der Waals surface area contributed by atoms with Gasteiger partial charge in [0.15, 0.2) is 0 Å². The lowest BCUT2D eigenvalue weighted by atomic mass is 10.1. The molecule has 5 heteroatoms. The summed E-state index contributed by atoms with van der Waals surface area (Å²) in [4.78, 5) is 14.6. The Hall–Kier alpha value is -1.77. The summed E-state index contributed by atoms with van der Waals surface area (Å²) >= 11 is 0. The molecule has 1 saturated heterocycles. The maximum absolute atomic E-state index is 11.0. The summed E-state index contributed by atoms with van der Waals surface area (Å²) in [6.07, 6.45) is 4.93. The third-order valence-electron chi connectivity index (χ3n) is 4.18. The van der Waals surface area contributed by atoms with Gasteiger partial charge in [-0.05, 0) is 5.56 Å². The van der Waals surface area contributed by atoms with Crippen molar-refractivity contribution in [3.8, 4) is 12.3 Å². The lowest BCUT2D eigenvalue weighted by Gasteiger charge is -2.36. The van der Waals surface area contributed by atoms with E-state index >= 15 is 0 Å². The molecule has 0 aromatic heterocycles. The van der Waals surface area contributed by atoms with Crippen LogP contribution in [0.3, 0.4) is 0 Å². The van der Waals surface area contributed by atoms with E-state index < -0.39 is 14.2 Å². The van der Waals surface area contributed by atoms with Gasteiger partial charge in [0.2, 0.25) is 0 Å². The van der Waals surface area contributed by atoms with E-state index in [-0.39, 0.29) is 6.04 Å². The zero-order chi connectivity index (χ0) is 16.3. The first-order valence-electron chi connectivity index (χ1n) is 7.61. The fourth-order valence-electron chi connectivity index (χ4n) is 2.76. The van der Waals surface area contributed by atoms with E-state index in [1.54, 1.807) is 0 Å². The monoisotopic (exact) mass is 316 g/mol. The Morgan fingerprint density at radius 3 is 2.41 bits per heavy atom. The fraction of sp³-hybridized carbons (Fsp3) is 0.471. The second kappa shape index (κ2) is 6.55. The Morgan fingerprint density at radius 2 is 1.91 bits per heavy atom. The van der Waals surface area contributed by atoms with Gasteiger partial charge in [-0.15, -0.1) is 6.42 Å². The minimum Gasteiger partial charge on any atom is -0.465 e. The summed E-state index contributed by atoms with van der Waals surface area (Å²) < 4.78 is 0. The molecule has 1 aliphatic heterocycles. The van der Waals surface area contributed by atoms with Crippen LogP contribution in [-0.2, 0) is 0 Å². The number of piperazine rings is 1.